The van der Waals surface area contributed by atoms with Crippen LogP contribution >= 0.6 is 0 Å². The highest BCUT2D eigenvalue weighted by Gasteiger charge is 2.67. The SMILES string of the molecule is Cc1ccc2nc(-c3ccc(N4C(=O)C5C6C=CC(C7CC67)C5C4=O)cc3)cc(C(=O)OCC(=O)c3ccc(C)c(C)c3)c2c1. The smallest absolute Gasteiger partial charge is 0.339 e. The van der Waals surface area contributed by atoms with Gasteiger partial charge in [-0.05, 0) is 98.4 Å². The Balaban J connectivity index is 1.07. The van der Waals surface area contributed by atoms with E-state index in [1.165, 1.54) is 4.90 Å². The summed E-state index contributed by atoms with van der Waals surface area (Å²) in [5.74, 6) is -0.138. The van der Waals surface area contributed by atoms with Gasteiger partial charge in [0.1, 0.15) is 0 Å². The van der Waals surface area contributed by atoms with E-state index in [2.05, 4.69) is 12.2 Å². The number of esters is 1. The van der Waals surface area contributed by atoms with Crippen molar-refractivity contribution in [1.29, 1.82) is 0 Å². The van der Waals surface area contributed by atoms with Crippen molar-refractivity contribution in [3.05, 3.63) is 107 Å². The summed E-state index contributed by atoms with van der Waals surface area (Å²) in [5, 5.41) is 0.635. The fourth-order valence-electron chi connectivity index (χ4n) is 7.86. The van der Waals surface area contributed by atoms with Crippen molar-refractivity contribution in [2.24, 2.45) is 35.5 Å². The minimum atomic E-state index is -0.611. The topological polar surface area (TPSA) is 93.6 Å². The summed E-state index contributed by atoms with van der Waals surface area (Å²) in [5.41, 5.74) is 6.28. The van der Waals surface area contributed by atoms with E-state index in [1.807, 2.05) is 57.2 Å². The fourth-order valence-corrected chi connectivity index (χ4v) is 7.86. The number of ketones is 1. The number of carbonyl (C=O) groups excluding carboxylic acids is 4. The number of rotatable bonds is 6. The number of fused-ring (bicyclic) bond motifs is 1. The van der Waals surface area contributed by atoms with Gasteiger partial charge in [0.2, 0.25) is 11.8 Å². The predicted molar refractivity (Wildman–Crippen MR) is 170 cm³/mol. The molecule has 3 aromatic carbocycles. The normalized spacial score (nSPS) is 25.8. The van der Waals surface area contributed by atoms with Crippen molar-refractivity contribution in [3.8, 4) is 11.3 Å². The van der Waals surface area contributed by atoms with Gasteiger partial charge in [-0.1, -0.05) is 48.0 Å². The largest absolute Gasteiger partial charge is 0.454 e. The van der Waals surface area contributed by atoms with Gasteiger partial charge in [-0.15, -0.1) is 0 Å². The molecule has 5 aliphatic rings. The second kappa shape index (κ2) is 10.1. The van der Waals surface area contributed by atoms with E-state index in [1.54, 1.807) is 30.3 Å². The molecule has 2 amide bonds. The number of nitrogens with zero attached hydrogens (tertiary/aromatic N) is 2. The maximum atomic E-state index is 13.6. The van der Waals surface area contributed by atoms with E-state index in [-0.39, 0.29) is 47.9 Å². The van der Waals surface area contributed by atoms with Crippen molar-refractivity contribution in [1.82, 2.24) is 4.98 Å². The van der Waals surface area contributed by atoms with Gasteiger partial charge >= 0.3 is 5.97 Å². The molecule has 9 rings (SSSR count). The molecule has 6 unspecified atom stereocenters. The molecule has 224 valence electrons. The molecule has 2 bridgehead atoms. The zero-order valence-corrected chi connectivity index (χ0v) is 25.3. The van der Waals surface area contributed by atoms with E-state index < -0.39 is 5.97 Å². The second-order valence-corrected chi connectivity index (χ2v) is 13.1. The molecule has 4 aliphatic carbocycles. The monoisotopic (exact) mass is 596 g/mol. The Kier molecular flexibility index (Phi) is 6.17. The van der Waals surface area contributed by atoms with Crippen LogP contribution in [0.25, 0.3) is 22.2 Å². The summed E-state index contributed by atoms with van der Waals surface area (Å²) >= 11 is 0. The molecule has 2 heterocycles. The third kappa shape index (κ3) is 4.36. The van der Waals surface area contributed by atoms with Crippen LogP contribution in [0, 0.1) is 56.3 Å². The van der Waals surface area contributed by atoms with Gasteiger partial charge in [0.15, 0.2) is 12.4 Å². The van der Waals surface area contributed by atoms with Gasteiger partial charge in [0.05, 0.1) is 34.3 Å². The number of pyridine rings is 1. The minimum Gasteiger partial charge on any atom is -0.454 e. The fraction of sp³-hybridized carbons (Fsp3) is 0.289. The van der Waals surface area contributed by atoms with Crippen LogP contribution in [0.2, 0.25) is 0 Å². The van der Waals surface area contributed by atoms with Crippen LogP contribution in [0.3, 0.4) is 0 Å². The number of hydrogen-bond acceptors (Lipinski definition) is 6. The van der Waals surface area contributed by atoms with E-state index in [0.29, 0.717) is 45.2 Å². The average Bonchev–Trinajstić information content (AvgIpc) is 3.83. The average molecular weight is 597 g/mol. The lowest BCUT2D eigenvalue weighted by Gasteiger charge is -2.37. The summed E-state index contributed by atoms with van der Waals surface area (Å²) < 4.78 is 5.54. The summed E-state index contributed by atoms with van der Waals surface area (Å²) in [4.78, 5) is 59.6. The lowest BCUT2D eigenvalue weighted by Crippen LogP contribution is -2.40. The summed E-state index contributed by atoms with van der Waals surface area (Å²) in [7, 11) is 0. The first-order valence-corrected chi connectivity index (χ1v) is 15.5. The highest BCUT2D eigenvalue weighted by atomic mass is 16.5. The highest BCUT2D eigenvalue weighted by molar-refractivity contribution is 6.22. The maximum absolute atomic E-state index is 13.6. The standard InChI is InChI=1S/C38H32N2O5/c1-19-4-13-31-29(14-19)30(38(44)45-18-33(41)23-6-5-20(2)21(3)15-23)17-32(39-31)22-7-9-24(10-8-22)40-36(42)34-25-11-12-26(28-16-27(25)28)35(34)37(40)43/h4-15,17,25-28,34-35H,16,18H2,1-3H3. The van der Waals surface area contributed by atoms with Crippen molar-refractivity contribution in [2.75, 3.05) is 11.5 Å². The van der Waals surface area contributed by atoms with Crippen LogP contribution < -0.4 is 4.90 Å². The predicted octanol–water partition coefficient (Wildman–Crippen LogP) is 6.42. The quantitative estimate of drug-likeness (QED) is 0.110. The van der Waals surface area contributed by atoms with Gasteiger partial charge in [-0.2, -0.15) is 0 Å². The Labute approximate surface area is 260 Å². The number of carbonyl (C=O) groups is 4. The van der Waals surface area contributed by atoms with Crippen LogP contribution in [-0.2, 0) is 14.3 Å². The first kappa shape index (κ1) is 27.6. The van der Waals surface area contributed by atoms with Crippen molar-refractivity contribution >= 4 is 40.2 Å². The number of aryl methyl sites for hydroxylation is 3. The molecule has 45 heavy (non-hydrogen) atoms. The molecule has 0 N–H and O–H groups in total. The molecular weight excluding hydrogens is 564 g/mol. The van der Waals surface area contributed by atoms with Gasteiger partial charge < -0.3 is 4.74 Å². The highest BCUT2D eigenvalue weighted by Crippen LogP contribution is 2.65. The van der Waals surface area contributed by atoms with Crippen molar-refractivity contribution < 1.29 is 23.9 Å². The summed E-state index contributed by atoms with van der Waals surface area (Å²) in [6.45, 7) is 5.48. The number of anilines is 1. The van der Waals surface area contributed by atoms with Gasteiger partial charge in [0, 0.05) is 16.5 Å². The molecule has 1 aromatic heterocycles. The Morgan fingerprint density at radius 1 is 0.822 bits per heavy atom. The number of aromatic nitrogens is 1. The summed E-state index contributed by atoms with van der Waals surface area (Å²) in [6.07, 6.45) is 5.47. The first-order chi connectivity index (χ1) is 21.7. The first-order valence-electron chi connectivity index (χ1n) is 15.5. The Bertz CT molecular complexity index is 1960. The van der Waals surface area contributed by atoms with Crippen molar-refractivity contribution in [2.45, 2.75) is 27.2 Å². The third-order valence-electron chi connectivity index (χ3n) is 10.4. The number of benzene rings is 3. The van der Waals surface area contributed by atoms with Gasteiger partial charge in [-0.25, -0.2) is 9.78 Å². The number of amides is 2. The molecule has 7 nitrogen and oxygen atoms in total. The van der Waals surface area contributed by atoms with Crippen LogP contribution in [0.15, 0.2) is 78.9 Å². The Morgan fingerprint density at radius 3 is 2.18 bits per heavy atom. The number of hydrogen-bond donors (Lipinski definition) is 0. The minimum absolute atomic E-state index is 0.0953. The number of allylic oxidation sites excluding steroid dienone is 2. The maximum Gasteiger partial charge on any atom is 0.339 e. The number of imide groups is 1. The van der Waals surface area contributed by atoms with E-state index in [4.69, 9.17) is 9.72 Å². The van der Waals surface area contributed by atoms with E-state index in [0.717, 1.165) is 28.7 Å². The number of Topliss-reactive ketones (excluding diaryl/α,β-unsaturated/α-hetero) is 1. The molecule has 2 saturated carbocycles. The van der Waals surface area contributed by atoms with Crippen LogP contribution in [0.4, 0.5) is 5.69 Å². The van der Waals surface area contributed by atoms with Crippen LogP contribution in [0.5, 0.6) is 0 Å². The number of ether oxygens (including phenoxy) is 1. The zero-order valence-electron chi connectivity index (χ0n) is 25.3. The second-order valence-electron chi connectivity index (χ2n) is 13.1. The molecule has 1 aliphatic heterocycles. The molecule has 6 atom stereocenters. The lowest BCUT2D eigenvalue weighted by atomic mass is 9.63. The Morgan fingerprint density at radius 2 is 1.51 bits per heavy atom. The molecule has 4 aromatic rings. The van der Waals surface area contributed by atoms with Crippen molar-refractivity contribution in [3.63, 3.8) is 0 Å². The van der Waals surface area contributed by atoms with E-state index >= 15 is 0 Å². The van der Waals surface area contributed by atoms with Crippen LogP contribution in [-0.4, -0.2) is 35.2 Å². The summed E-state index contributed by atoms with van der Waals surface area (Å²) in [6, 6.07) is 20.0. The molecule has 3 fully saturated rings. The molecule has 0 radical (unpaired) electrons. The Hall–Kier alpha value is -4.91. The van der Waals surface area contributed by atoms with Gasteiger partial charge in [-0.3, -0.25) is 19.3 Å². The molecule has 0 spiro atoms. The molecule has 7 heteroatoms. The van der Waals surface area contributed by atoms with Gasteiger partial charge in [0.25, 0.3) is 0 Å². The van der Waals surface area contributed by atoms with E-state index in [9.17, 15) is 19.2 Å². The third-order valence-corrected chi connectivity index (χ3v) is 10.4. The molecular formula is C38H32N2O5. The van der Waals surface area contributed by atoms with Crippen LogP contribution in [0.1, 0.15) is 43.8 Å². The lowest BCUT2D eigenvalue weighted by molar-refractivity contribution is -0.124. The zero-order chi connectivity index (χ0) is 31.1. The molecule has 1 saturated heterocycles.